The zero-order valence-electron chi connectivity index (χ0n) is 27.0. The first-order chi connectivity index (χ1) is 19.6. The van der Waals surface area contributed by atoms with Crippen molar-refractivity contribution in [2.75, 3.05) is 6.61 Å². The largest absolute Gasteiger partial charge is 0.459 e. The molecule has 0 amide bonds. The maximum Gasteiger partial charge on any atom is 0.312 e. The highest BCUT2D eigenvalue weighted by molar-refractivity contribution is 5.80. The third-order valence-electron chi connectivity index (χ3n) is 16.1. The van der Waals surface area contributed by atoms with E-state index in [4.69, 9.17) is 14.2 Å². The molecule has 0 radical (unpaired) electrons. The lowest BCUT2D eigenvalue weighted by molar-refractivity contribution is -0.315. The highest BCUT2D eigenvalue weighted by Gasteiger charge is 2.74. The van der Waals surface area contributed by atoms with E-state index in [0.717, 1.165) is 44.9 Å². The summed E-state index contributed by atoms with van der Waals surface area (Å²) in [5.41, 5.74) is -0.0906. The highest BCUT2D eigenvalue weighted by Crippen LogP contribution is 2.78. The fraction of sp³-hybridized carbons (Fsp3) is 0.971. The molecule has 3 saturated heterocycles. The predicted octanol–water partition coefficient (Wildman–Crippen LogP) is 5.23. The van der Waals surface area contributed by atoms with Crippen LogP contribution in [0.2, 0.25) is 0 Å². The van der Waals surface area contributed by atoms with Gasteiger partial charge in [-0.15, -0.1) is 0 Å². The Hall–Kier alpha value is -0.730. The van der Waals surface area contributed by atoms with E-state index < -0.39 is 24.6 Å². The summed E-state index contributed by atoms with van der Waals surface area (Å²) in [5, 5.41) is 30.8. The molecular formula is C35H56O7. The summed E-state index contributed by atoms with van der Waals surface area (Å²) in [5.74, 6) is 2.60. The Morgan fingerprint density at radius 3 is 2.21 bits per heavy atom. The number of rotatable bonds is 2. The summed E-state index contributed by atoms with van der Waals surface area (Å²) in [6, 6.07) is 0. The van der Waals surface area contributed by atoms with Crippen molar-refractivity contribution in [3.8, 4) is 0 Å². The van der Waals surface area contributed by atoms with Crippen LogP contribution in [0.5, 0.6) is 0 Å². The molecular weight excluding hydrogens is 532 g/mol. The Labute approximate surface area is 252 Å². The zero-order valence-corrected chi connectivity index (χ0v) is 27.0. The van der Waals surface area contributed by atoms with Crippen LogP contribution in [0, 0.1) is 56.7 Å². The molecule has 8 rings (SSSR count). The first kappa shape index (κ1) is 30.0. The van der Waals surface area contributed by atoms with Crippen molar-refractivity contribution in [1.82, 2.24) is 0 Å². The van der Waals surface area contributed by atoms with E-state index in [1.54, 1.807) is 0 Å². The topological polar surface area (TPSA) is 105 Å². The average Bonchev–Trinajstić information content (AvgIpc) is 2.92. The third-order valence-corrected chi connectivity index (χ3v) is 16.1. The van der Waals surface area contributed by atoms with Crippen molar-refractivity contribution in [2.45, 2.75) is 149 Å². The Bertz CT molecular complexity index is 1120. The summed E-state index contributed by atoms with van der Waals surface area (Å²) < 4.78 is 18.3. The number of hydrogen-bond donors (Lipinski definition) is 3. The van der Waals surface area contributed by atoms with Crippen LogP contribution in [0.3, 0.4) is 0 Å². The van der Waals surface area contributed by atoms with Crippen LogP contribution in [0.4, 0.5) is 0 Å². The number of carbonyl (C=O) groups is 1. The molecule has 0 aromatic carbocycles. The molecule has 5 saturated carbocycles. The molecule has 15 unspecified atom stereocenters. The molecule has 2 bridgehead atoms. The summed E-state index contributed by atoms with van der Waals surface area (Å²) >= 11 is 0. The van der Waals surface area contributed by atoms with Crippen LogP contribution < -0.4 is 0 Å². The third kappa shape index (κ3) is 3.55. The summed E-state index contributed by atoms with van der Waals surface area (Å²) in [7, 11) is 0. The Kier molecular flexibility index (Phi) is 6.54. The van der Waals surface area contributed by atoms with Gasteiger partial charge in [0.05, 0.1) is 18.1 Å². The molecule has 238 valence electrons. The summed E-state index contributed by atoms with van der Waals surface area (Å²) in [6.45, 7) is 17.1. The second-order valence-electron chi connectivity index (χ2n) is 17.6. The van der Waals surface area contributed by atoms with Gasteiger partial charge in [0, 0.05) is 0 Å². The smallest absolute Gasteiger partial charge is 0.312 e. The van der Waals surface area contributed by atoms with Gasteiger partial charge in [0.1, 0.15) is 23.9 Å². The molecule has 1 spiro atoms. The van der Waals surface area contributed by atoms with E-state index in [1.165, 1.54) is 19.3 Å². The molecule has 3 heterocycles. The highest BCUT2D eigenvalue weighted by atomic mass is 16.7. The number of hydrogen-bond acceptors (Lipinski definition) is 7. The number of esters is 1. The van der Waals surface area contributed by atoms with Crippen LogP contribution >= 0.6 is 0 Å². The van der Waals surface area contributed by atoms with Gasteiger partial charge < -0.3 is 29.5 Å². The first-order valence-corrected chi connectivity index (χ1v) is 17.1. The van der Waals surface area contributed by atoms with Gasteiger partial charge in [-0.05, 0) is 122 Å². The second-order valence-corrected chi connectivity index (χ2v) is 17.6. The Balaban J connectivity index is 1.16. The summed E-state index contributed by atoms with van der Waals surface area (Å²) in [6.07, 6.45) is 6.28. The molecule has 3 aliphatic heterocycles. The van der Waals surface area contributed by atoms with Crippen molar-refractivity contribution in [1.29, 1.82) is 0 Å². The fourth-order valence-electron chi connectivity index (χ4n) is 13.3. The van der Waals surface area contributed by atoms with E-state index >= 15 is 0 Å². The van der Waals surface area contributed by atoms with E-state index in [1.807, 2.05) is 0 Å². The first-order valence-electron chi connectivity index (χ1n) is 17.1. The van der Waals surface area contributed by atoms with Gasteiger partial charge in [-0.2, -0.15) is 0 Å². The van der Waals surface area contributed by atoms with E-state index in [9.17, 15) is 20.1 Å². The molecule has 0 aromatic heterocycles. The molecule has 0 aromatic rings. The number of fused-ring (bicyclic) bond motifs is 7. The Morgan fingerprint density at radius 2 is 1.50 bits per heavy atom. The minimum Gasteiger partial charge on any atom is -0.459 e. The van der Waals surface area contributed by atoms with Crippen LogP contribution in [-0.4, -0.2) is 64.2 Å². The number of ether oxygens (including phenoxy) is 3. The quantitative estimate of drug-likeness (QED) is 0.300. The van der Waals surface area contributed by atoms with Crippen molar-refractivity contribution in [2.24, 2.45) is 56.7 Å². The monoisotopic (exact) mass is 588 g/mol. The van der Waals surface area contributed by atoms with Gasteiger partial charge in [0.15, 0.2) is 6.29 Å². The molecule has 42 heavy (non-hydrogen) atoms. The maximum absolute atomic E-state index is 13.6. The van der Waals surface area contributed by atoms with Crippen molar-refractivity contribution >= 4 is 5.97 Å². The second kappa shape index (κ2) is 9.18. The van der Waals surface area contributed by atoms with Gasteiger partial charge in [0.25, 0.3) is 0 Å². The van der Waals surface area contributed by atoms with Gasteiger partial charge >= 0.3 is 5.97 Å². The molecule has 7 nitrogen and oxygen atoms in total. The van der Waals surface area contributed by atoms with Crippen LogP contribution in [0.15, 0.2) is 0 Å². The lowest BCUT2D eigenvalue weighted by Crippen LogP contribution is -2.72. The number of aliphatic hydroxyl groups is 3. The summed E-state index contributed by atoms with van der Waals surface area (Å²) in [4.78, 5) is 13.6. The van der Waals surface area contributed by atoms with Crippen LogP contribution in [0.1, 0.15) is 113 Å². The van der Waals surface area contributed by atoms with E-state index in [2.05, 4.69) is 48.5 Å². The molecule has 7 heteroatoms. The zero-order chi connectivity index (χ0) is 30.3. The van der Waals surface area contributed by atoms with Crippen LogP contribution in [0.25, 0.3) is 0 Å². The number of carbonyl (C=O) groups excluding carboxylic acids is 1. The lowest BCUT2D eigenvalue weighted by atomic mass is 9.30. The van der Waals surface area contributed by atoms with E-state index in [-0.39, 0.29) is 51.4 Å². The van der Waals surface area contributed by atoms with Crippen LogP contribution in [-0.2, 0) is 19.0 Å². The fourth-order valence-corrected chi connectivity index (χ4v) is 13.3. The lowest BCUT2D eigenvalue weighted by Gasteiger charge is -2.75. The molecule has 3 N–H and O–H groups in total. The van der Waals surface area contributed by atoms with Gasteiger partial charge in [-0.25, -0.2) is 0 Å². The maximum atomic E-state index is 13.6. The van der Waals surface area contributed by atoms with Gasteiger partial charge in [-0.3, -0.25) is 4.79 Å². The van der Waals surface area contributed by atoms with E-state index in [0.29, 0.717) is 29.6 Å². The average molecular weight is 589 g/mol. The Morgan fingerprint density at radius 1 is 0.786 bits per heavy atom. The number of aliphatic hydroxyl groups excluding tert-OH is 3. The van der Waals surface area contributed by atoms with Crippen molar-refractivity contribution in [3.63, 3.8) is 0 Å². The van der Waals surface area contributed by atoms with Gasteiger partial charge in [-0.1, -0.05) is 41.5 Å². The molecule has 8 aliphatic rings. The predicted molar refractivity (Wildman–Crippen MR) is 157 cm³/mol. The minimum atomic E-state index is -1.26. The van der Waals surface area contributed by atoms with Crippen molar-refractivity contribution in [3.05, 3.63) is 0 Å². The van der Waals surface area contributed by atoms with Crippen molar-refractivity contribution < 1.29 is 34.3 Å². The van der Waals surface area contributed by atoms with Gasteiger partial charge in [0.2, 0.25) is 0 Å². The molecule has 15 atom stereocenters. The normalized spacial score (nSPS) is 60.0. The molecule has 5 aliphatic carbocycles. The minimum absolute atomic E-state index is 0.0326. The SMILES string of the molecule is CC1C2C3CCC4C5(C)CCC(OC6OCC(O)C(O)C6O)C(C)(C)C5CCC4(C)C3(C)CCC23CCC1(C)OC3=O. The molecule has 8 fully saturated rings. The standard InChI is InChI=1S/C35H56O7/c1-19-25-20-8-9-23-31(4)12-11-24(41-28-27(38)26(37)21(36)18-40-28)30(2,3)22(31)10-13-33(23,6)32(20,5)14-16-35(25)17-15-34(19,7)42-29(35)39/h19-28,36-38H,8-18H2,1-7H3.